The van der Waals surface area contributed by atoms with Crippen LogP contribution in [-0.2, 0) is 9.53 Å². The first-order valence-corrected chi connectivity index (χ1v) is 9.02. The molecule has 0 saturated carbocycles. The third-order valence-electron chi connectivity index (χ3n) is 5.20. The molecule has 150 valence electrons. The fraction of sp³-hybridized carbons (Fsp3) is 0.889. The van der Waals surface area contributed by atoms with Gasteiger partial charge in [-0.15, -0.1) is 0 Å². The molecule has 2 aliphatic heterocycles. The fourth-order valence-corrected chi connectivity index (χ4v) is 4.05. The molecule has 0 aromatic heterocycles. The van der Waals surface area contributed by atoms with Gasteiger partial charge >= 0.3 is 12.1 Å². The van der Waals surface area contributed by atoms with Crippen molar-refractivity contribution in [1.29, 1.82) is 0 Å². The first kappa shape index (κ1) is 20.9. The van der Waals surface area contributed by atoms with Gasteiger partial charge in [-0.2, -0.15) is 0 Å². The number of carbonyl (C=O) groups is 2. The predicted molar refractivity (Wildman–Crippen MR) is 92.3 cm³/mol. The molecule has 2 fully saturated rings. The number of likely N-dealkylation sites (tertiary alicyclic amines) is 2. The molecule has 6 nitrogen and oxygen atoms in total. The summed E-state index contributed by atoms with van der Waals surface area (Å²) in [6.07, 6.45) is -0.0316. The number of alkyl halides is 2. The van der Waals surface area contributed by atoms with Gasteiger partial charge in [0.2, 0.25) is 0 Å². The summed E-state index contributed by atoms with van der Waals surface area (Å²) in [6, 6.07) is -2.05. The largest absolute Gasteiger partial charge is 0.481 e. The van der Waals surface area contributed by atoms with Gasteiger partial charge in [-0.3, -0.25) is 14.6 Å². The normalized spacial score (nSPS) is 27.3. The van der Waals surface area contributed by atoms with Crippen LogP contribution < -0.4 is 0 Å². The number of rotatable bonds is 4. The molecule has 2 rings (SSSR count). The molecule has 2 aliphatic rings. The Morgan fingerprint density at radius 3 is 2.35 bits per heavy atom. The minimum Gasteiger partial charge on any atom is -0.481 e. The molecular weight excluding hydrogens is 346 g/mol. The zero-order valence-corrected chi connectivity index (χ0v) is 16.4. The Balaban J connectivity index is 2.17. The molecule has 2 saturated heterocycles. The SMILES string of the molecule is CC(CC(C)(C)C(=O)O)N1CCC2C1C(F)(F)CN2C(=O)OC(C)(C)C. The molecule has 2 heterocycles. The van der Waals surface area contributed by atoms with Crippen molar-refractivity contribution >= 4 is 12.1 Å². The van der Waals surface area contributed by atoms with Crippen LogP contribution in [0.15, 0.2) is 0 Å². The zero-order valence-electron chi connectivity index (χ0n) is 16.4. The van der Waals surface area contributed by atoms with Crippen molar-refractivity contribution in [2.75, 3.05) is 13.1 Å². The molecule has 0 radical (unpaired) electrons. The Kier molecular flexibility index (Phi) is 5.31. The van der Waals surface area contributed by atoms with Crippen LogP contribution >= 0.6 is 0 Å². The molecular formula is C18H30F2N2O4. The van der Waals surface area contributed by atoms with E-state index in [1.165, 1.54) is 0 Å². The van der Waals surface area contributed by atoms with Gasteiger partial charge in [0.05, 0.1) is 24.0 Å². The van der Waals surface area contributed by atoms with Crippen molar-refractivity contribution in [3.05, 3.63) is 0 Å². The number of aliphatic carboxylic acids is 1. The van der Waals surface area contributed by atoms with Crippen molar-refractivity contribution in [3.63, 3.8) is 0 Å². The summed E-state index contributed by atoms with van der Waals surface area (Å²) in [5.41, 5.74) is -1.75. The highest BCUT2D eigenvalue weighted by atomic mass is 19.3. The number of nitrogens with zero attached hydrogens (tertiary/aromatic N) is 2. The van der Waals surface area contributed by atoms with Crippen molar-refractivity contribution in [2.45, 2.75) is 84.0 Å². The monoisotopic (exact) mass is 376 g/mol. The third-order valence-corrected chi connectivity index (χ3v) is 5.20. The maximum Gasteiger partial charge on any atom is 0.410 e. The lowest BCUT2D eigenvalue weighted by Gasteiger charge is -2.35. The smallest absolute Gasteiger partial charge is 0.410 e. The van der Waals surface area contributed by atoms with E-state index in [-0.39, 0.29) is 12.5 Å². The van der Waals surface area contributed by atoms with E-state index >= 15 is 0 Å². The maximum atomic E-state index is 14.7. The highest BCUT2D eigenvalue weighted by molar-refractivity contribution is 5.73. The lowest BCUT2D eigenvalue weighted by atomic mass is 9.85. The molecule has 0 aromatic carbocycles. The van der Waals surface area contributed by atoms with E-state index in [9.17, 15) is 23.5 Å². The van der Waals surface area contributed by atoms with Gasteiger partial charge in [-0.05, 0) is 54.4 Å². The van der Waals surface area contributed by atoms with Crippen molar-refractivity contribution < 1.29 is 28.2 Å². The van der Waals surface area contributed by atoms with Crippen LogP contribution in [0.4, 0.5) is 13.6 Å². The molecule has 3 unspecified atom stereocenters. The summed E-state index contributed by atoms with van der Waals surface area (Å²) in [6.45, 7) is 9.82. The Morgan fingerprint density at radius 1 is 1.27 bits per heavy atom. The van der Waals surface area contributed by atoms with Crippen LogP contribution in [0.2, 0.25) is 0 Å². The zero-order chi connectivity index (χ0) is 20.1. The summed E-state index contributed by atoms with van der Waals surface area (Å²) in [7, 11) is 0. The molecule has 0 aliphatic carbocycles. The second kappa shape index (κ2) is 6.62. The van der Waals surface area contributed by atoms with Crippen LogP contribution in [0.3, 0.4) is 0 Å². The summed E-state index contributed by atoms with van der Waals surface area (Å²) < 4.78 is 34.8. The average Bonchev–Trinajstić information content (AvgIpc) is 2.96. The number of carboxylic acids is 1. The fourth-order valence-electron chi connectivity index (χ4n) is 4.05. The Morgan fingerprint density at radius 2 is 1.85 bits per heavy atom. The van der Waals surface area contributed by atoms with E-state index in [0.717, 1.165) is 4.90 Å². The van der Waals surface area contributed by atoms with Gasteiger partial charge in [0.1, 0.15) is 5.60 Å². The summed E-state index contributed by atoms with van der Waals surface area (Å²) in [5.74, 6) is -4.01. The van der Waals surface area contributed by atoms with Gasteiger partial charge < -0.3 is 9.84 Å². The number of carboxylic acid groups (broad SMARTS) is 1. The van der Waals surface area contributed by atoms with Gasteiger partial charge in [0.15, 0.2) is 0 Å². The van der Waals surface area contributed by atoms with Gasteiger partial charge in [-0.1, -0.05) is 0 Å². The maximum absolute atomic E-state index is 14.7. The molecule has 3 atom stereocenters. The van der Waals surface area contributed by atoms with E-state index in [4.69, 9.17) is 4.74 Å². The van der Waals surface area contributed by atoms with Crippen molar-refractivity contribution in [1.82, 2.24) is 9.80 Å². The van der Waals surface area contributed by atoms with Crippen molar-refractivity contribution in [2.24, 2.45) is 5.41 Å². The first-order valence-electron chi connectivity index (χ1n) is 9.02. The number of amides is 1. The van der Waals surface area contributed by atoms with E-state index in [2.05, 4.69) is 0 Å². The number of halogens is 2. The quantitative estimate of drug-likeness (QED) is 0.816. The molecule has 0 bridgehead atoms. The van der Waals surface area contributed by atoms with E-state index < -0.39 is 47.6 Å². The Labute approximate surface area is 153 Å². The third kappa shape index (κ3) is 4.10. The molecule has 0 aromatic rings. The lowest BCUT2D eigenvalue weighted by molar-refractivity contribution is -0.148. The number of hydrogen-bond acceptors (Lipinski definition) is 4. The Hall–Kier alpha value is -1.44. The molecule has 0 spiro atoms. The predicted octanol–water partition coefficient (Wildman–Crippen LogP) is 3.20. The number of fused-ring (bicyclic) bond motifs is 1. The van der Waals surface area contributed by atoms with Gasteiger partial charge in [0.25, 0.3) is 5.92 Å². The second-order valence-electron chi connectivity index (χ2n) is 9.15. The van der Waals surface area contributed by atoms with Gasteiger partial charge in [0, 0.05) is 12.6 Å². The van der Waals surface area contributed by atoms with E-state index in [1.807, 2.05) is 0 Å². The van der Waals surface area contributed by atoms with E-state index in [1.54, 1.807) is 46.4 Å². The first-order chi connectivity index (χ1) is 11.7. The minimum atomic E-state index is -3.06. The minimum absolute atomic E-state index is 0.258. The Bertz CT molecular complexity index is 574. The molecule has 1 amide bonds. The molecule has 8 heteroatoms. The number of ether oxygens (including phenoxy) is 1. The van der Waals surface area contributed by atoms with Crippen molar-refractivity contribution in [3.8, 4) is 0 Å². The number of carbonyl (C=O) groups excluding carboxylic acids is 1. The van der Waals surface area contributed by atoms with Crippen LogP contribution in [-0.4, -0.2) is 69.7 Å². The van der Waals surface area contributed by atoms with Gasteiger partial charge in [-0.25, -0.2) is 13.6 Å². The van der Waals surface area contributed by atoms with Crippen LogP contribution in [0, 0.1) is 5.41 Å². The summed E-state index contributed by atoms with van der Waals surface area (Å²) >= 11 is 0. The molecule has 26 heavy (non-hydrogen) atoms. The van der Waals surface area contributed by atoms with Crippen LogP contribution in [0.5, 0.6) is 0 Å². The number of hydrogen-bond donors (Lipinski definition) is 1. The van der Waals surface area contributed by atoms with Crippen LogP contribution in [0.1, 0.15) is 54.4 Å². The highest BCUT2D eigenvalue weighted by Crippen LogP contribution is 2.44. The second-order valence-corrected chi connectivity index (χ2v) is 9.15. The topological polar surface area (TPSA) is 70.1 Å². The molecule has 1 N–H and O–H groups in total. The average molecular weight is 376 g/mol. The summed E-state index contributed by atoms with van der Waals surface area (Å²) in [4.78, 5) is 26.5. The highest BCUT2D eigenvalue weighted by Gasteiger charge is 2.62. The lowest BCUT2D eigenvalue weighted by Crippen LogP contribution is -2.50. The van der Waals surface area contributed by atoms with E-state index in [0.29, 0.717) is 13.0 Å². The standard InChI is InChI=1S/C18H30F2N2O4/c1-11(9-17(5,6)14(23)24)21-8-7-12-13(21)18(19,20)10-22(12)15(25)26-16(2,3)4/h11-13H,7-10H2,1-6H3,(H,23,24). The van der Waals surface area contributed by atoms with Crippen LogP contribution in [0.25, 0.3) is 0 Å². The summed E-state index contributed by atoms with van der Waals surface area (Å²) in [5, 5.41) is 9.31.